The first kappa shape index (κ1) is 22.1. The summed E-state index contributed by atoms with van der Waals surface area (Å²) in [4.78, 5) is 14.8. The van der Waals surface area contributed by atoms with E-state index in [1.54, 1.807) is 12.0 Å². The molecule has 1 aromatic carbocycles. The molecule has 2 rings (SSSR count). The Morgan fingerprint density at radius 2 is 1.86 bits per heavy atom. The second-order valence-corrected chi connectivity index (χ2v) is 8.42. The molecule has 0 heterocycles. The van der Waals surface area contributed by atoms with Crippen LogP contribution in [-0.2, 0) is 4.74 Å². The number of benzene rings is 1. The normalized spacial score (nSPS) is 16.6. The zero-order chi connectivity index (χ0) is 20.6. The van der Waals surface area contributed by atoms with E-state index in [-0.39, 0.29) is 12.1 Å². The zero-order valence-electron chi connectivity index (χ0n) is 17.8. The molecule has 1 aliphatic carbocycles. The van der Waals surface area contributed by atoms with Crippen molar-refractivity contribution in [3.63, 3.8) is 0 Å². The fourth-order valence-electron chi connectivity index (χ4n) is 3.54. The number of carbonyl (C=O) groups excluding carboxylic acids is 1. The molecule has 154 valence electrons. The molecule has 4 heteroatoms. The molecule has 28 heavy (non-hydrogen) atoms. The van der Waals surface area contributed by atoms with E-state index in [0.29, 0.717) is 12.3 Å². The molecule has 4 nitrogen and oxygen atoms in total. The molecule has 0 N–H and O–H groups in total. The first-order valence-electron chi connectivity index (χ1n) is 10.3. The van der Waals surface area contributed by atoms with Gasteiger partial charge in [-0.15, -0.1) is 6.58 Å². The van der Waals surface area contributed by atoms with Gasteiger partial charge in [-0.3, -0.25) is 4.90 Å². The van der Waals surface area contributed by atoms with Crippen LogP contribution in [0.2, 0.25) is 0 Å². The lowest BCUT2D eigenvalue weighted by Crippen LogP contribution is -2.42. The molecule has 1 aromatic rings. The number of ether oxygens (including phenoxy) is 2. The third-order valence-electron chi connectivity index (χ3n) is 4.94. The van der Waals surface area contributed by atoms with Gasteiger partial charge in [0.2, 0.25) is 0 Å². The van der Waals surface area contributed by atoms with Gasteiger partial charge >= 0.3 is 6.09 Å². The fourth-order valence-corrected chi connectivity index (χ4v) is 3.54. The lowest BCUT2D eigenvalue weighted by molar-refractivity contribution is 0.0572. The average molecular weight is 386 g/mol. The van der Waals surface area contributed by atoms with Gasteiger partial charge in [0.05, 0.1) is 13.2 Å². The van der Waals surface area contributed by atoms with Crippen molar-refractivity contribution in [3.05, 3.63) is 49.1 Å². The van der Waals surface area contributed by atoms with Crippen LogP contribution in [0.5, 0.6) is 5.75 Å². The molecular weight excluding hydrogens is 350 g/mol. The van der Waals surface area contributed by atoms with Crippen LogP contribution in [0.1, 0.15) is 59.3 Å². The van der Waals surface area contributed by atoms with Gasteiger partial charge in [0.15, 0.2) is 0 Å². The second-order valence-electron chi connectivity index (χ2n) is 8.42. The zero-order valence-corrected chi connectivity index (χ0v) is 17.8. The van der Waals surface area contributed by atoms with Crippen LogP contribution >= 0.6 is 0 Å². The number of methoxy groups -OCH3 is 1. The standard InChI is InChI=1S/C24H35NO3/c1-6-10-20(14-13-19-11-8-7-9-12-19)25(23(26)28-24(2,3)4)21-15-17-22(27-5)18-16-21/h6,13-20H,1,7-12H2,2-5H3/b14-13+/t20-/m0/s1. The topological polar surface area (TPSA) is 38.8 Å². The number of amides is 1. The molecule has 1 fully saturated rings. The number of hydrogen-bond donors (Lipinski definition) is 0. The van der Waals surface area contributed by atoms with Crippen molar-refractivity contribution in [1.82, 2.24) is 0 Å². The van der Waals surface area contributed by atoms with Crippen molar-refractivity contribution < 1.29 is 14.3 Å². The molecule has 1 aliphatic rings. The molecule has 0 unspecified atom stereocenters. The molecule has 0 spiro atoms. The van der Waals surface area contributed by atoms with Crippen LogP contribution in [0.3, 0.4) is 0 Å². The molecule has 0 bridgehead atoms. The van der Waals surface area contributed by atoms with Gasteiger partial charge in [-0.05, 0) is 70.2 Å². The number of allylic oxidation sites excluding steroid dienone is 1. The van der Waals surface area contributed by atoms with Crippen LogP contribution < -0.4 is 9.64 Å². The smallest absolute Gasteiger partial charge is 0.415 e. The minimum atomic E-state index is -0.562. The van der Waals surface area contributed by atoms with E-state index in [0.717, 1.165) is 11.4 Å². The van der Waals surface area contributed by atoms with Gasteiger partial charge in [-0.2, -0.15) is 0 Å². The van der Waals surface area contributed by atoms with Gasteiger partial charge in [0.25, 0.3) is 0 Å². The van der Waals surface area contributed by atoms with E-state index in [1.807, 2.05) is 51.1 Å². The van der Waals surface area contributed by atoms with E-state index in [9.17, 15) is 4.79 Å². The number of carbonyl (C=O) groups is 1. The van der Waals surface area contributed by atoms with Crippen LogP contribution in [0.4, 0.5) is 10.5 Å². The highest BCUT2D eigenvalue weighted by Gasteiger charge is 2.28. The van der Waals surface area contributed by atoms with Crippen molar-refractivity contribution in [3.8, 4) is 5.75 Å². The monoisotopic (exact) mass is 385 g/mol. The third kappa shape index (κ3) is 6.74. The maximum Gasteiger partial charge on any atom is 0.415 e. The predicted octanol–water partition coefficient (Wildman–Crippen LogP) is 6.52. The van der Waals surface area contributed by atoms with Gasteiger partial charge < -0.3 is 9.47 Å². The Hall–Kier alpha value is -2.23. The molecule has 0 saturated heterocycles. The van der Waals surface area contributed by atoms with Crippen molar-refractivity contribution in [1.29, 1.82) is 0 Å². The van der Waals surface area contributed by atoms with Crippen LogP contribution in [0, 0.1) is 5.92 Å². The fraction of sp³-hybridized carbons (Fsp3) is 0.542. The Balaban J connectivity index is 2.32. The lowest BCUT2D eigenvalue weighted by atomic mass is 9.88. The summed E-state index contributed by atoms with van der Waals surface area (Å²) < 4.78 is 11.0. The van der Waals surface area contributed by atoms with Crippen LogP contribution in [-0.4, -0.2) is 24.8 Å². The Labute approximate surface area is 170 Å². The maximum absolute atomic E-state index is 13.1. The van der Waals surface area contributed by atoms with Gasteiger partial charge in [0.1, 0.15) is 11.4 Å². The Kier molecular flexibility index (Phi) is 8.16. The van der Waals surface area contributed by atoms with Crippen molar-refractivity contribution in [2.75, 3.05) is 12.0 Å². The summed E-state index contributed by atoms with van der Waals surface area (Å²) in [6.45, 7) is 9.56. The first-order valence-corrected chi connectivity index (χ1v) is 10.3. The summed E-state index contributed by atoms with van der Waals surface area (Å²) in [5, 5.41) is 0. The highest BCUT2D eigenvalue weighted by atomic mass is 16.6. The van der Waals surface area contributed by atoms with Gasteiger partial charge in [-0.1, -0.05) is 37.5 Å². The SMILES string of the molecule is C=CC[C@@H](/C=C/C1CCCCC1)N(C(=O)OC(C)(C)C)c1ccc(OC)cc1. The summed E-state index contributed by atoms with van der Waals surface area (Å²) in [7, 11) is 1.63. The highest BCUT2D eigenvalue weighted by molar-refractivity contribution is 5.89. The summed E-state index contributed by atoms with van der Waals surface area (Å²) >= 11 is 0. The lowest BCUT2D eigenvalue weighted by Gasteiger charge is -2.32. The van der Waals surface area contributed by atoms with E-state index >= 15 is 0 Å². The summed E-state index contributed by atoms with van der Waals surface area (Å²) in [5.41, 5.74) is 0.225. The Morgan fingerprint density at radius 1 is 1.21 bits per heavy atom. The molecule has 0 aromatic heterocycles. The summed E-state index contributed by atoms with van der Waals surface area (Å²) in [6, 6.07) is 7.38. The van der Waals surface area contributed by atoms with E-state index < -0.39 is 5.60 Å². The average Bonchev–Trinajstić information content (AvgIpc) is 2.66. The van der Waals surface area contributed by atoms with E-state index in [4.69, 9.17) is 9.47 Å². The van der Waals surface area contributed by atoms with Crippen molar-refractivity contribution >= 4 is 11.8 Å². The van der Waals surface area contributed by atoms with Crippen molar-refractivity contribution in [2.45, 2.75) is 70.9 Å². The Bertz CT molecular complexity index is 651. The number of rotatable bonds is 7. The minimum absolute atomic E-state index is 0.136. The Morgan fingerprint density at radius 3 is 2.39 bits per heavy atom. The van der Waals surface area contributed by atoms with E-state index in [2.05, 4.69) is 18.7 Å². The second kappa shape index (κ2) is 10.4. The molecule has 0 aliphatic heterocycles. The van der Waals surface area contributed by atoms with Gasteiger partial charge in [-0.25, -0.2) is 4.79 Å². The summed E-state index contributed by atoms with van der Waals surface area (Å²) in [6.07, 6.45) is 13.0. The molecule has 1 amide bonds. The highest BCUT2D eigenvalue weighted by Crippen LogP contribution is 2.28. The predicted molar refractivity (Wildman–Crippen MR) is 116 cm³/mol. The largest absolute Gasteiger partial charge is 0.497 e. The maximum atomic E-state index is 13.1. The number of anilines is 1. The van der Waals surface area contributed by atoms with Crippen LogP contribution in [0.25, 0.3) is 0 Å². The first-order chi connectivity index (χ1) is 13.3. The van der Waals surface area contributed by atoms with Crippen molar-refractivity contribution in [2.24, 2.45) is 5.92 Å². The van der Waals surface area contributed by atoms with Crippen LogP contribution in [0.15, 0.2) is 49.1 Å². The minimum Gasteiger partial charge on any atom is -0.497 e. The number of nitrogens with zero attached hydrogens (tertiary/aromatic N) is 1. The molecule has 0 radical (unpaired) electrons. The molecule has 1 atom stereocenters. The van der Waals surface area contributed by atoms with Gasteiger partial charge in [0, 0.05) is 5.69 Å². The summed E-state index contributed by atoms with van der Waals surface area (Å²) in [5.74, 6) is 1.35. The molecular formula is C24H35NO3. The quantitative estimate of drug-likeness (QED) is 0.502. The molecule has 1 saturated carbocycles. The third-order valence-corrected chi connectivity index (χ3v) is 4.94. The van der Waals surface area contributed by atoms with E-state index in [1.165, 1.54) is 32.1 Å². The number of hydrogen-bond acceptors (Lipinski definition) is 3.